The van der Waals surface area contributed by atoms with E-state index in [1.54, 1.807) is 0 Å². The number of rotatable bonds is 8. The van der Waals surface area contributed by atoms with Crippen molar-refractivity contribution in [3.05, 3.63) is 23.4 Å². The Morgan fingerprint density at radius 1 is 1.17 bits per heavy atom. The molecule has 0 amide bonds. The smallest absolute Gasteiger partial charge is 0.175 e. The number of benzene rings is 1. The molecule has 1 aromatic carbocycles. The second-order valence-corrected chi connectivity index (χ2v) is 9.44. The standard InChI is InChI=1S/C24H37N3O3/c1-27(2)15-20-23(29-16-18-5-3-4-6-22(18)28)10-8-19-21(26-30-24(19)20)9-7-17-11-13-25-14-12-17/h8,10,17-18,22,25,28H,3-7,9,11-16H2,1-2H3/t18?,22-/m1/s1. The number of hydrogen-bond donors (Lipinski definition) is 2. The summed E-state index contributed by atoms with van der Waals surface area (Å²) >= 11 is 0. The second-order valence-electron chi connectivity index (χ2n) is 9.44. The zero-order valence-electron chi connectivity index (χ0n) is 18.5. The quantitative estimate of drug-likeness (QED) is 0.684. The zero-order chi connectivity index (χ0) is 20.9. The van der Waals surface area contributed by atoms with Crippen LogP contribution in [0, 0.1) is 11.8 Å². The average Bonchev–Trinajstić information content (AvgIpc) is 3.16. The van der Waals surface area contributed by atoms with Crippen molar-refractivity contribution < 1.29 is 14.4 Å². The summed E-state index contributed by atoms with van der Waals surface area (Å²) in [5.41, 5.74) is 2.98. The number of aliphatic hydroxyl groups excluding tert-OH is 1. The molecular weight excluding hydrogens is 378 g/mol. The van der Waals surface area contributed by atoms with E-state index < -0.39 is 0 Å². The maximum Gasteiger partial charge on any atom is 0.175 e. The van der Waals surface area contributed by atoms with Gasteiger partial charge in [0.05, 0.1) is 24.0 Å². The third-order valence-corrected chi connectivity index (χ3v) is 6.82. The van der Waals surface area contributed by atoms with E-state index in [-0.39, 0.29) is 12.0 Å². The first-order chi connectivity index (χ1) is 14.6. The van der Waals surface area contributed by atoms with E-state index in [1.807, 2.05) is 0 Å². The number of aliphatic hydroxyl groups is 1. The SMILES string of the molecule is CN(C)Cc1c(OCC2CCCC[C@H]2O)ccc2c(CCC3CCNCC3)noc12. The average molecular weight is 416 g/mol. The van der Waals surface area contributed by atoms with Crippen LogP contribution in [0.3, 0.4) is 0 Å². The van der Waals surface area contributed by atoms with Crippen molar-refractivity contribution in [1.29, 1.82) is 0 Å². The highest BCUT2D eigenvalue weighted by molar-refractivity contribution is 5.84. The molecule has 2 aromatic rings. The number of nitrogens with one attached hydrogen (secondary N) is 1. The van der Waals surface area contributed by atoms with Crippen molar-refractivity contribution in [3.8, 4) is 5.75 Å². The molecule has 0 spiro atoms. The predicted octanol–water partition coefficient (Wildman–Crippen LogP) is 3.75. The molecule has 2 heterocycles. The van der Waals surface area contributed by atoms with Gasteiger partial charge in [0.25, 0.3) is 0 Å². The van der Waals surface area contributed by atoms with Crippen LogP contribution in [0.1, 0.15) is 56.2 Å². The summed E-state index contributed by atoms with van der Waals surface area (Å²) in [7, 11) is 4.11. The fraction of sp³-hybridized carbons (Fsp3) is 0.708. The summed E-state index contributed by atoms with van der Waals surface area (Å²) in [5, 5.41) is 19.3. The van der Waals surface area contributed by atoms with Gasteiger partial charge in [-0.3, -0.25) is 0 Å². The summed E-state index contributed by atoms with van der Waals surface area (Å²) in [6.07, 6.45) is 8.63. The van der Waals surface area contributed by atoms with Crippen LogP contribution >= 0.6 is 0 Å². The number of fused-ring (bicyclic) bond motifs is 1. The number of piperidine rings is 1. The lowest BCUT2D eigenvalue weighted by Crippen LogP contribution is -2.29. The molecule has 1 aliphatic carbocycles. The van der Waals surface area contributed by atoms with E-state index in [0.717, 1.165) is 79.2 Å². The number of aromatic nitrogens is 1. The van der Waals surface area contributed by atoms with Crippen LogP contribution in [0.5, 0.6) is 5.75 Å². The van der Waals surface area contributed by atoms with E-state index in [9.17, 15) is 5.11 Å². The van der Waals surface area contributed by atoms with Crippen LogP contribution in [-0.2, 0) is 13.0 Å². The van der Waals surface area contributed by atoms with Gasteiger partial charge in [0.15, 0.2) is 5.58 Å². The Morgan fingerprint density at radius 2 is 1.97 bits per heavy atom. The lowest BCUT2D eigenvalue weighted by atomic mass is 9.87. The van der Waals surface area contributed by atoms with Crippen molar-refractivity contribution in [2.45, 2.75) is 64.0 Å². The highest BCUT2D eigenvalue weighted by Crippen LogP contribution is 2.33. The highest BCUT2D eigenvalue weighted by Gasteiger charge is 2.25. The molecule has 2 N–H and O–H groups in total. The van der Waals surface area contributed by atoms with E-state index in [4.69, 9.17) is 9.26 Å². The van der Waals surface area contributed by atoms with Crippen molar-refractivity contribution in [1.82, 2.24) is 15.4 Å². The van der Waals surface area contributed by atoms with E-state index in [0.29, 0.717) is 6.61 Å². The maximum atomic E-state index is 10.3. The largest absolute Gasteiger partial charge is 0.493 e. The van der Waals surface area contributed by atoms with Crippen LogP contribution in [0.25, 0.3) is 11.0 Å². The highest BCUT2D eigenvalue weighted by atomic mass is 16.5. The van der Waals surface area contributed by atoms with Gasteiger partial charge < -0.3 is 24.6 Å². The number of aryl methyl sites for hydroxylation is 1. The Hall–Kier alpha value is -1.63. The van der Waals surface area contributed by atoms with E-state index >= 15 is 0 Å². The monoisotopic (exact) mass is 415 g/mol. The van der Waals surface area contributed by atoms with E-state index in [1.165, 1.54) is 25.7 Å². The molecule has 1 aromatic heterocycles. The molecule has 1 saturated heterocycles. The summed E-state index contributed by atoms with van der Waals surface area (Å²) in [4.78, 5) is 2.13. The minimum atomic E-state index is -0.244. The summed E-state index contributed by atoms with van der Waals surface area (Å²) in [6.45, 7) is 3.56. The van der Waals surface area contributed by atoms with Crippen LogP contribution in [0.15, 0.2) is 16.7 Å². The maximum absolute atomic E-state index is 10.3. The molecule has 6 heteroatoms. The molecule has 6 nitrogen and oxygen atoms in total. The second kappa shape index (κ2) is 10.1. The van der Waals surface area contributed by atoms with Gasteiger partial charge in [-0.1, -0.05) is 18.0 Å². The van der Waals surface area contributed by atoms with Gasteiger partial charge in [-0.15, -0.1) is 0 Å². The van der Waals surface area contributed by atoms with Gasteiger partial charge in [-0.2, -0.15) is 0 Å². The van der Waals surface area contributed by atoms with Crippen LogP contribution in [-0.4, -0.2) is 55.1 Å². The van der Waals surface area contributed by atoms with Gasteiger partial charge >= 0.3 is 0 Å². The first kappa shape index (κ1) is 21.6. The normalized spacial score (nSPS) is 23.3. The Balaban J connectivity index is 1.50. The number of nitrogens with zero attached hydrogens (tertiary/aromatic N) is 2. The molecule has 1 saturated carbocycles. The summed E-state index contributed by atoms with van der Waals surface area (Å²) < 4.78 is 12.1. The molecule has 2 fully saturated rings. The van der Waals surface area contributed by atoms with Gasteiger partial charge in [0.2, 0.25) is 0 Å². The Morgan fingerprint density at radius 3 is 2.73 bits per heavy atom. The van der Waals surface area contributed by atoms with Gasteiger partial charge in [-0.25, -0.2) is 0 Å². The molecule has 2 atom stereocenters. The molecule has 166 valence electrons. The molecule has 0 bridgehead atoms. The van der Waals surface area contributed by atoms with Crippen molar-refractivity contribution in [2.75, 3.05) is 33.8 Å². The van der Waals surface area contributed by atoms with Gasteiger partial charge in [0, 0.05) is 17.8 Å². The van der Waals surface area contributed by atoms with Crippen molar-refractivity contribution in [3.63, 3.8) is 0 Å². The van der Waals surface area contributed by atoms with Gasteiger partial charge in [-0.05, 0) is 83.8 Å². The topological polar surface area (TPSA) is 70.8 Å². The summed E-state index contributed by atoms with van der Waals surface area (Å²) in [5.74, 6) is 1.86. The number of hydrogen-bond acceptors (Lipinski definition) is 6. The molecule has 1 aliphatic heterocycles. The first-order valence-corrected chi connectivity index (χ1v) is 11.7. The first-order valence-electron chi connectivity index (χ1n) is 11.7. The predicted molar refractivity (Wildman–Crippen MR) is 119 cm³/mol. The summed E-state index contributed by atoms with van der Waals surface area (Å²) in [6, 6.07) is 4.18. The van der Waals surface area contributed by atoms with Crippen LogP contribution in [0.4, 0.5) is 0 Å². The Kier molecular flexibility index (Phi) is 7.28. The minimum absolute atomic E-state index is 0.219. The van der Waals surface area contributed by atoms with Gasteiger partial charge in [0.1, 0.15) is 5.75 Å². The Bertz CT molecular complexity index is 813. The number of ether oxygens (including phenoxy) is 1. The third-order valence-electron chi connectivity index (χ3n) is 6.82. The Labute approximate surface area is 179 Å². The van der Waals surface area contributed by atoms with Crippen LogP contribution in [0.2, 0.25) is 0 Å². The van der Waals surface area contributed by atoms with Crippen LogP contribution < -0.4 is 10.1 Å². The van der Waals surface area contributed by atoms with Crippen molar-refractivity contribution in [2.24, 2.45) is 11.8 Å². The molecule has 1 unspecified atom stereocenters. The van der Waals surface area contributed by atoms with Crippen molar-refractivity contribution >= 4 is 11.0 Å². The fourth-order valence-corrected chi connectivity index (χ4v) is 4.96. The van der Waals surface area contributed by atoms with E-state index in [2.05, 4.69) is 41.6 Å². The fourth-order valence-electron chi connectivity index (χ4n) is 4.96. The lowest BCUT2D eigenvalue weighted by molar-refractivity contribution is 0.0419. The lowest BCUT2D eigenvalue weighted by Gasteiger charge is -2.27. The zero-order valence-corrected chi connectivity index (χ0v) is 18.5. The third kappa shape index (κ3) is 5.16. The molecule has 2 aliphatic rings. The molecular formula is C24H37N3O3. The minimum Gasteiger partial charge on any atom is -0.493 e. The molecule has 30 heavy (non-hydrogen) atoms. The molecule has 4 rings (SSSR count). The molecule has 0 radical (unpaired) electrons.